The van der Waals surface area contributed by atoms with Gasteiger partial charge in [-0.15, -0.1) is 0 Å². The van der Waals surface area contributed by atoms with Gasteiger partial charge in [-0.3, -0.25) is 4.79 Å². The standard InChI is InChI=1S/C16H23NO6/c1-10-14(16(19)20)7-13(23-10)8-17(3)15(18)11(2)22-9-12-5-4-6-21-12/h7,11-12H,4-6,8-9H2,1-3H3,(H,19,20)/t11-,12+/m1/s1. The van der Waals surface area contributed by atoms with E-state index in [2.05, 4.69) is 0 Å². The van der Waals surface area contributed by atoms with Gasteiger partial charge in [-0.25, -0.2) is 4.79 Å². The lowest BCUT2D eigenvalue weighted by atomic mass is 10.2. The molecule has 1 N–H and O–H groups in total. The van der Waals surface area contributed by atoms with Crippen LogP contribution in [0.25, 0.3) is 0 Å². The maximum absolute atomic E-state index is 12.3. The Labute approximate surface area is 135 Å². The zero-order valence-corrected chi connectivity index (χ0v) is 13.7. The molecule has 1 aromatic heterocycles. The molecule has 1 saturated heterocycles. The second kappa shape index (κ2) is 7.61. The molecule has 1 aliphatic rings. The van der Waals surface area contributed by atoms with Crippen LogP contribution in [0.2, 0.25) is 0 Å². The molecule has 2 atom stereocenters. The Kier molecular flexibility index (Phi) is 5.79. The summed E-state index contributed by atoms with van der Waals surface area (Å²) in [5.74, 6) is -0.466. The molecular weight excluding hydrogens is 302 g/mol. The van der Waals surface area contributed by atoms with Crippen LogP contribution in [-0.2, 0) is 20.8 Å². The first-order valence-corrected chi connectivity index (χ1v) is 7.69. The summed E-state index contributed by atoms with van der Waals surface area (Å²) in [6.45, 7) is 4.64. The SMILES string of the molecule is Cc1oc(CN(C)C(=O)[C@@H](C)OC[C@@H]2CCCO2)cc1C(=O)O. The van der Waals surface area contributed by atoms with Crippen LogP contribution < -0.4 is 0 Å². The second-order valence-electron chi connectivity index (χ2n) is 5.79. The van der Waals surface area contributed by atoms with Crippen LogP contribution in [0.1, 0.15) is 41.6 Å². The van der Waals surface area contributed by atoms with E-state index in [1.54, 1.807) is 20.9 Å². The van der Waals surface area contributed by atoms with Gasteiger partial charge < -0.3 is 23.9 Å². The van der Waals surface area contributed by atoms with Crippen LogP contribution >= 0.6 is 0 Å². The van der Waals surface area contributed by atoms with Gasteiger partial charge in [-0.05, 0) is 32.8 Å². The van der Waals surface area contributed by atoms with Gasteiger partial charge >= 0.3 is 5.97 Å². The minimum absolute atomic E-state index is 0.0707. The number of amides is 1. The smallest absolute Gasteiger partial charge is 0.339 e. The molecule has 2 rings (SSSR count). The van der Waals surface area contributed by atoms with E-state index in [-0.39, 0.29) is 24.1 Å². The van der Waals surface area contributed by atoms with Crippen molar-refractivity contribution in [2.24, 2.45) is 0 Å². The van der Waals surface area contributed by atoms with Crippen LogP contribution in [-0.4, -0.2) is 54.4 Å². The lowest BCUT2D eigenvalue weighted by Crippen LogP contribution is -2.37. The molecule has 1 fully saturated rings. The molecule has 0 spiro atoms. The van der Waals surface area contributed by atoms with E-state index in [0.717, 1.165) is 19.4 Å². The molecule has 0 aromatic carbocycles. The highest BCUT2D eigenvalue weighted by atomic mass is 16.5. The predicted octanol–water partition coefficient (Wildman–Crippen LogP) is 1.83. The number of ether oxygens (including phenoxy) is 2. The normalized spacial score (nSPS) is 18.8. The number of carboxylic acids is 1. The maximum atomic E-state index is 12.3. The summed E-state index contributed by atoms with van der Waals surface area (Å²) in [5, 5.41) is 9.01. The monoisotopic (exact) mass is 325 g/mol. The number of hydrogen-bond donors (Lipinski definition) is 1. The summed E-state index contributed by atoms with van der Waals surface area (Å²) in [7, 11) is 1.63. The van der Waals surface area contributed by atoms with Crippen molar-refractivity contribution in [2.45, 2.75) is 45.4 Å². The minimum atomic E-state index is -1.04. The van der Waals surface area contributed by atoms with Crippen LogP contribution in [0, 0.1) is 6.92 Å². The molecule has 23 heavy (non-hydrogen) atoms. The highest BCUT2D eigenvalue weighted by Crippen LogP contribution is 2.17. The zero-order chi connectivity index (χ0) is 17.0. The van der Waals surface area contributed by atoms with Crippen molar-refractivity contribution >= 4 is 11.9 Å². The largest absolute Gasteiger partial charge is 0.478 e. The minimum Gasteiger partial charge on any atom is -0.478 e. The summed E-state index contributed by atoms with van der Waals surface area (Å²) in [4.78, 5) is 24.7. The molecule has 7 heteroatoms. The Morgan fingerprint density at radius 1 is 1.52 bits per heavy atom. The number of furan rings is 1. The number of carbonyl (C=O) groups is 2. The van der Waals surface area contributed by atoms with E-state index >= 15 is 0 Å². The number of hydrogen-bond acceptors (Lipinski definition) is 5. The number of aromatic carboxylic acids is 1. The molecule has 1 amide bonds. The highest BCUT2D eigenvalue weighted by molar-refractivity contribution is 5.88. The molecule has 2 heterocycles. The summed E-state index contributed by atoms with van der Waals surface area (Å²) in [6, 6.07) is 1.44. The maximum Gasteiger partial charge on any atom is 0.339 e. The molecule has 128 valence electrons. The van der Waals surface area contributed by atoms with E-state index < -0.39 is 12.1 Å². The van der Waals surface area contributed by atoms with Gasteiger partial charge in [0.05, 0.1) is 19.3 Å². The molecule has 1 aromatic rings. The van der Waals surface area contributed by atoms with Crippen molar-refractivity contribution in [1.29, 1.82) is 0 Å². The van der Waals surface area contributed by atoms with Crippen molar-refractivity contribution in [3.05, 3.63) is 23.2 Å². The lowest BCUT2D eigenvalue weighted by molar-refractivity contribution is -0.144. The first-order chi connectivity index (χ1) is 10.9. The fraction of sp³-hybridized carbons (Fsp3) is 0.625. The Morgan fingerprint density at radius 3 is 2.83 bits per heavy atom. The highest BCUT2D eigenvalue weighted by Gasteiger charge is 2.23. The fourth-order valence-electron chi connectivity index (χ4n) is 2.55. The number of carboxylic acid groups (broad SMARTS) is 1. The number of likely N-dealkylation sites (N-methyl/N-ethyl adjacent to an activating group) is 1. The summed E-state index contributed by atoms with van der Waals surface area (Å²) < 4.78 is 16.4. The van der Waals surface area contributed by atoms with Gasteiger partial charge in [0, 0.05) is 13.7 Å². The van der Waals surface area contributed by atoms with Crippen molar-refractivity contribution in [1.82, 2.24) is 4.90 Å². The first kappa shape index (κ1) is 17.5. The van der Waals surface area contributed by atoms with Crippen molar-refractivity contribution in [3.63, 3.8) is 0 Å². The molecule has 0 aliphatic carbocycles. The van der Waals surface area contributed by atoms with Gasteiger partial charge in [0.15, 0.2) is 0 Å². The molecule has 1 aliphatic heterocycles. The summed E-state index contributed by atoms with van der Waals surface area (Å²) in [6.07, 6.45) is 1.47. The van der Waals surface area contributed by atoms with E-state index in [1.165, 1.54) is 11.0 Å². The van der Waals surface area contributed by atoms with E-state index in [9.17, 15) is 9.59 Å². The van der Waals surface area contributed by atoms with Gasteiger partial charge in [-0.1, -0.05) is 0 Å². The van der Waals surface area contributed by atoms with E-state index in [0.29, 0.717) is 18.1 Å². The lowest BCUT2D eigenvalue weighted by Gasteiger charge is -2.21. The average Bonchev–Trinajstić information content (AvgIpc) is 3.13. The quantitative estimate of drug-likeness (QED) is 0.822. The Bertz CT molecular complexity index is 561. The van der Waals surface area contributed by atoms with Gasteiger partial charge in [0.1, 0.15) is 23.2 Å². The van der Waals surface area contributed by atoms with Crippen molar-refractivity contribution in [3.8, 4) is 0 Å². The average molecular weight is 325 g/mol. The molecule has 0 saturated carbocycles. The van der Waals surface area contributed by atoms with Crippen molar-refractivity contribution in [2.75, 3.05) is 20.3 Å². The van der Waals surface area contributed by atoms with Gasteiger partial charge in [-0.2, -0.15) is 0 Å². The number of nitrogens with zero attached hydrogens (tertiary/aromatic N) is 1. The Hall–Kier alpha value is -1.86. The van der Waals surface area contributed by atoms with E-state index in [4.69, 9.17) is 19.0 Å². The fourth-order valence-corrected chi connectivity index (χ4v) is 2.55. The number of carbonyl (C=O) groups excluding carboxylic acids is 1. The number of aryl methyl sites for hydroxylation is 1. The first-order valence-electron chi connectivity index (χ1n) is 7.69. The van der Waals surface area contributed by atoms with Crippen LogP contribution in [0.3, 0.4) is 0 Å². The molecule has 0 radical (unpaired) electrons. The third-order valence-electron chi connectivity index (χ3n) is 3.87. The van der Waals surface area contributed by atoms with Crippen LogP contribution in [0.15, 0.2) is 10.5 Å². The van der Waals surface area contributed by atoms with E-state index in [1.807, 2.05) is 0 Å². The van der Waals surface area contributed by atoms with Crippen LogP contribution in [0.4, 0.5) is 0 Å². The van der Waals surface area contributed by atoms with Gasteiger partial charge in [0.2, 0.25) is 0 Å². The topological polar surface area (TPSA) is 89.2 Å². The molecular formula is C16H23NO6. The zero-order valence-electron chi connectivity index (χ0n) is 13.7. The molecule has 7 nitrogen and oxygen atoms in total. The summed E-state index contributed by atoms with van der Waals surface area (Å²) >= 11 is 0. The van der Waals surface area contributed by atoms with Crippen LogP contribution in [0.5, 0.6) is 0 Å². The third kappa shape index (κ3) is 4.56. The Balaban J connectivity index is 1.86. The molecule has 0 bridgehead atoms. The predicted molar refractivity (Wildman–Crippen MR) is 81.3 cm³/mol. The van der Waals surface area contributed by atoms with Crippen molar-refractivity contribution < 1.29 is 28.6 Å². The third-order valence-corrected chi connectivity index (χ3v) is 3.87. The van der Waals surface area contributed by atoms with Gasteiger partial charge in [0.25, 0.3) is 5.91 Å². The molecule has 0 unspecified atom stereocenters. The number of rotatable bonds is 7. The second-order valence-corrected chi connectivity index (χ2v) is 5.79. The summed E-state index contributed by atoms with van der Waals surface area (Å²) in [5.41, 5.74) is 0.114. The Morgan fingerprint density at radius 2 is 2.26 bits per heavy atom.